The van der Waals surface area contributed by atoms with E-state index < -0.39 is 11.7 Å². The van der Waals surface area contributed by atoms with Gasteiger partial charge in [0, 0.05) is 12.7 Å². The van der Waals surface area contributed by atoms with Gasteiger partial charge in [0.25, 0.3) is 0 Å². The van der Waals surface area contributed by atoms with Gasteiger partial charge in [0.2, 0.25) is 5.91 Å². The van der Waals surface area contributed by atoms with Crippen molar-refractivity contribution in [1.29, 1.82) is 0 Å². The highest BCUT2D eigenvalue weighted by Gasteiger charge is 2.30. The third kappa shape index (κ3) is 7.33. The molecular formula is C13H18F3N3OS. The Bertz CT molecular complexity index is 449. The molecule has 0 aromatic carbocycles. The summed E-state index contributed by atoms with van der Waals surface area (Å²) in [4.78, 5) is 17.2. The van der Waals surface area contributed by atoms with Crippen molar-refractivity contribution in [3.63, 3.8) is 0 Å². The number of carbonyl (C=O) groups is 1. The van der Waals surface area contributed by atoms with Gasteiger partial charge in [-0.1, -0.05) is 11.8 Å². The first-order valence-corrected chi connectivity index (χ1v) is 7.35. The lowest BCUT2D eigenvalue weighted by Crippen LogP contribution is -2.28. The second-order valence-electron chi connectivity index (χ2n) is 4.68. The second-order valence-corrected chi connectivity index (χ2v) is 5.67. The quantitative estimate of drug-likeness (QED) is 0.618. The Kier molecular flexibility index (Phi) is 6.97. The van der Waals surface area contributed by atoms with E-state index >= 15 is 0 Å². The SMILES string of the molecule is CN(C)CCCNC(=O)CSc1ccc(C(F)(F)F)cn1. The van der Waals surface area contributed by atoms with E-state index in [1.807, 2.05) is 19.0 Å². The van der Waals surface area contributed by atoms with Crippen LogP contribution in [0.15, 0.2) is 23.4 Å². The fourth-order valence-corrected chi connectivity index (χ4v) is 2.12. The third-order valence-electron chi connectivity index (χ3n) is 2.52. The first kappa shape index (κ1) is 17.8. The molecule has 0 unspecified atom stereocenters. The van der Waals surface area contributed by atoms with Crippen LogP contribution in [0, 0.1) is 0 Å². The van der Waals surface area contributed by atoms with Gasteiger partial charge >= 0.3 is 6.18 Å². The van der Waals surface area contributed by atoms with Crippen LogP contribution in [0.3, 0.4) is 0 Å². The molecule has 0 spiro atoms. The number of hydrogen-bond donors (Lipinski definition) is 1. The van der Waals surface area contributed by atoms with Crippen LogP contribution in [-0.2, 0) is 11.0 Å². The molecule has 0 aliphatic heterocycles. The smallest absolute Gasteiger partial charge is 0.355 e. The average molecular weight is 321 g/mol. The number of amides is 1. The van der Waals surface area contributed by atoms with E-state index in [1.54, 1.807) is 0 Å². The third-order valence-corrected chi connectivity index (χ3v) is 3.46. The molecular weight excluding hydrogens is 303 g/mol. The lowest BCUT2D eigenvalue weighted by atomic mass is 10.3. The van der Waals surface area contributed by atoms with E-state index in [9.17, 15) is 18.0 Å². The number of carbonyl (C=O) groups excluding carboxylic acids is 1. The minimum atomic E-state index is -4.39. The number of nitrogens with zero attached hydrogens (tertiary/aromatic N) is 2. The van der Waals surface area contributed by atoms with Crippen molar-refractivity contribution < 1.29 is 18.0 Å². The lowest BCUT2D eigenvalue weighted by Gasteiger charge is -2.10. The molecule has 0 fully saturated rings. The predicted molar refractivity (Wildman–Crippen MR) is 76.1 cm³/mol. The number of thioether (sulfide) groups is 1. The van der Waals surface area contributed by atoms with Crippen LogP contribution < -0.4 is 5.32 Å². The lowest BCUT2D eigenvalue weighted by molar-refractivity contribution is -0.137. The van der Waals surface area contributed by atoms with Crippen molar-refractivity contribution in [1.82, 2.24) is 15.2 Å². The summed E-state index contributed by atoms with van der Waals surface area (Å²) in [5.41, 5.74) is -0.792. The first-order valence-electron chi connectivity index (χ1n) is 6.36. The van der Waals surface area contributed by atoms with Gasteiger partial charge in [-0.3, -0.25) is 4.79 Å². The number of nitrogens with one attached hydrogen (secondary N) is 1. The maximum absolute atomic E-state index is 12.3. The van der Waals surface area contributed by atoms with Crippen LogP contribution >= 0.6 is 11.8 Å². The van der Waals surface area contributed by atoms with Crippen molar-refractivity contribution in [2.24, 2.45) is 0 Å². The Morgan fingerprint density at radius 1 is 1.38 bits per heavy atom. The average Bonchev–Trinajstić information content (AvgIpc) is 2.40. The molecule has 1 aromatic rings. The minimum Gasteiger partial charge on any atom is -0.355 e. The molecule has 0 saturated carbocycles. The summed E-state index contributed by atoms with van der Waals surface area (Å²) in [7, 11) is 3.90. The van der Waals surface area contributed by atoms with Gasteiger partial charge in [-0.05, 0) is 39.2 Å². The van der Waals surface area contributed by atoms with E-state index in [4.69, 9.17) is 0 Å². The van der Waals surface area contributed by atoms with Crippen LogP contribution in [0.4, 0.5) is 13.2 Å². The zero-order valence-corrected chi connectivity index (χ0v) is 12.7. The summed E-state index contributed by atoms with van der Waals surface area (Å²) >= 11 is 1.11. The molecule has 0 atom stereocenters. The second kappa shape index (κ2) is 8.23. The number of rotatable bonds is 7. The van der Waals surface area contributed by atoms with Gasteiger partial charge in [-0.2, -0.15) is 13.2 Å². The number of hydrogen-bond acceptors (Lipinski definition) is 4. The minimum absolute atomic E-state index is 0.139. The molecule has 0 radical (unpaired) electrons. The molecule has 1 N–H and O–H groups in total. The topological polar surface area (TPSA) is 45.2 Å². The molecule has 1 aromatic heterocycles. The van der Waals surface area contributed by atoms with Crippen LogP contribution in [0.2, 0.25) is 0 Å². The van der Waals surface area contributed by atoms with Crippen LogP contribution in [0.25, 0.3) is 0 Å². The molecule has 0 bridgehead atoms. The van der Waals surface area contributed by atoms with Gasteiger partial charge in [-0.15, -0.1) is 0 Å². The van der Waals surface area contributed by atoms with Crippen molar-refractivity contribution in [3.05, 3.63) is 23.9 Å². The molecule has 1 amide bonds. The van der Waals surface area contributed by atoms with Gasteiger partial charge < -0.3 is 10.2 Å². The molecule has 4 nitrogen and oxygen atoms in total. The summed E-state index contributed by atoms with van der Waals surface area (Å²) in [6, 6.07) is 2.23. The van der Waals surface area contributed by atoms with Crippen molar-refractivity contribution in [3.8, 4) is 0 Å². The van der Waals surface area contributed by atoms with Gasteiger partial charge in [0.1, 0.15) is 0 Å². The summed E-state index contributed by atoms with van der Waals surface area (Å²) in [6.07, 6.45) is -2.76. The number of halogens is 3. The predicted octanol–water partition coefficient (Wildman–Crippen LogP) is 2.26. The fraction of sp³-hybridized carbons (Fsp3) is 0.538. The van der Waals surface area contributed by atoms with Gasteiger partial charge in [-0.25, -0.2) is 4.98 Å². The highest BCUT2D eigenvalue weighted by molar-refractivity contribution is 7.99. The standard InChI is InChI=1S/C13H18F3N3OS/c1-19(2)7-3-6-17-11(20)9-21-12-5-4-10(8-18-12)13(14,15)16/h4-5,8H,3,6-7,9H2,1-2H3,(H,17,20). The van der Waals surface area contributed by atoms with Crippen molar-refractivity contribution >= 4 is 17.7 Å². The zero-order chi connectivity index (χ0) is 15.9. The van der Waals surface area contributed by atoms with Crippen LogP contribution in [0.1, 0.15) is 12.0 Å². The fourth-order valence-electron chi connectivity index (χ4n) is 1.45. The normalized spacial score (nSPS) is 11.7. The number of pyridine rings is 1. The summed E-state index contributed by atoms with van der Waals surface area (Å²) in [5, 5.41) is 3.14. The van der Waals surface area contributed by atoms with E-state index in [0.29, 0.717) is 11.6 Å². The van der Waals surface area contributed by atoms with E-state index in [2.05, 4.69) is 10.3 Å². The zero-order valence-electron chi connectivity index (χ0n) is 11.9. The van der Waals surface area contributed by atoms with E-state index in [-0.39, 0.29) is 11.7 Å². The summed E-state index contributed by atoms with van der Waals surface area (Å²) in [6.45, 7) is 1.46. The monoisotopic (exact) mass is 321 g/mol. The summed E-state index contributed by atoms with van der Waals surface area (Å²) < 4.78 is 37.0. The first-order chi connectivity index (χ1) is 9.79. The van der Waals surface area contributed by atoms with Crippen molar-refractivity contribution in [2.75, 3.05) is 32.9 Å². The molecule has 0 aliphatic rings. The Hall–Kier alpha value is -1.28. The molecule has 118 valence electrons. The Balaban J connectivity index is 2.30. The summed E-state index contributed by atoms with van der Waals surface area (Å²) in [5.74, 6) is -0.0131. The van der Waals surface area contributed by atoms with Gasteiger partial charge in [0.15, 0.2) is 0 Å². The number of alkyl halides is 3. The van der Waals surface area contributed by atoms with E-state index in [0.717, 1.165) is 37.0 Å². The van der Waals surface area contributed by atoms with Gasteiger partial charge in [0.05, 0.1) is 16.3 Å². The molecule has 0 saturated heterocycles. The Morgan fingerprint density at radius 3 is 2.62 bits per heavy atom. The van der Waals surface area contributed by atoms with Crippen LogP contribution in [-0.4, -0.2) is 48.7 Å². The van der Waals surface area contributed by atoms with Crippen molar-refractivity contribution in [2.45, 2.75) is 17.6 Å². The van der Waals surface area contributed by atoms with Crippen LogP contribution in [0.5, 0.6) is 0 Å². The van der Waals surface area contributed by atoms with E-state index in [1.165, 1.54) is 6.07 Å². The number of aromatic nitrogens is 1. The maximum Gasteiger partial charge on any atom is 0.417 e. The molecule has 21 heavy (non-hydrogen) atoms. The molecule has 1 rings (SSSR count). The highest BCUT2D eigenvalue weighted by atomic mass is 32.2. The molecule has 1 heterocycles. The maximum atomic E-state index is 12.3. The highest BCUT2D eigenvalue weighted by Crippen LogP contribution is 2.29. The Morgan fingerprint density at radius 2 is 2.10 bits per heavy atom. The Labute approximate surface area is 126 Å². The largest absolute Gasteiger partial charge is 0.417 e. The molecule has 8 heteroatoms. The molecule has 0 aliphatic carbocycles.